The van der Waals surface area contributed by atoms with Gasteiger partial charge in [-0.25, -0.2) is 14.0 Å². The van der Waals surface area contributed by atoms with Crippen LogP contribution < -0.4 is 4.74 Å². The van der Waals surface area contributed by atoms with E-state index in [1.807, 2.05) is 0 Å². The second-order valence-corrected chi connectivity index (χ2v) is 5.11. The summed E-state index contributed by atoms with van der Waals surface area (Å²) in [6.45, 7) is 0. The minimum Gasteiger partial charge on any atom is -0.526 e. The van der Waals surface area contributed by atoms with Crippen LogP contribution in [-0.2, 0) is 14.0 Å². The second kappa shape index (κ2) is 7.97. The molecule has 0 aliphatic heterocycles. The molecule has 0 aromatic heterocycles. The van der Waals surface area contributed by atoms with Crippen LogP contribution in [0.4, 0.5) is 10.1 Å². The molecule has 0 bridgehead atoms. The Morgan fingerprint density at radius 3 is 2.52 bits per heavy atom. The van der Waals surface area contributed by atoms with Crippen molar-refractivity contribution in [2.24, 2.45) is 0 Å². The van der Waals surface area contributed by atoms with E-state index in [1.54, 1.807) is 0 Å². The fraction of sp³-hybridized carbons (Fsp3) is 0. The highest BCUT2D eigenvalue weighted by atomic mass is 28.2. The van der Waals surface area contributed by atoms with Crippen molar-refractivity contribution in [3.05, 3.63) is 76.1 Å². The van der Waals surface area contributed by atoms with Gasteiger partial charge in [-0.2, -0.15) is 0 Å². The molecule has 0 aliphatic rings. The van der Waals surface area contributed by atoms with Gasteiger partial charge in [-0.1, -0.05) is 24.3 Å². The van der Waals surface area contributed by atoms with Crippen LogP contribution in [0, 0.1) is 15.9 Å². The zero-order valence-corrected chi connectivity index (χ0v) is 15.0. The Bertz CT molecular complexity index is 867. The number of hydrogen-bond donors (Lipinski definition) is 0. The van der Waals surface area contributed by atoms with Crippen LogP contribution in [0.3, 0.4) is 0 Å². The standard InChI is InChI=1S/C16H12FNO6Si/c17-11-5-3-4-10(8-11)12(9-15(19)24-25)16(20)23-14-7-2-1-6-13(14)18(21)22/h1-9H,25H3/b12-9+. The first-order valence-corrected chi connectivity index (χ1v) is 7.75. The normalized spacial score (nSPS) is 11.0. The Hall–Kier alpha value is -3.33. The van der Waals surface area contributed by atoms with Crippen molar-refractivity contribution < 1.29 is 28.1 Å². The zero-order chi connectivity index (χ0) is 18.4. The Kier molecular flexibility index (Phi) is 5.74. The first-order chi connectivity index (χ1) is 11.9. The molecule has 2 aromatic carbocycles. The molecule has 0 saturated carbocycles. The molecule has 0 N–H and O–H groups in total. The van der Waals surface area contributed by atoms with Gasteiger partial charge in [0, 0.05) is 12.1 Å². The molecule has 0 radical (unpaired) electrons. The van der Waals surface area contributed by atoms with Crippen molar-refractivity contribution in [3.63, 3.8) is 0 Å². The van der Waals surface area contributed by atoms with Crippen molar-refractivity contribution >= 4 is 33.7 Å². The molecule has 9 heteroatoms. The molecular formula is C16H12FNO6Si. The van der Waals surface area contributed by atoms with E-state index in [2.05, 4.69) is 4.43 Å². The lowest BCUT2D eigenvalue weighted by Crippen LogP contribution is -2.13. The average molecular weight is 361 g/mol. The number of ether oxygens (including phenoxy) is 1. The Morgan fingerprint density at radius 2 is 1.88 bits per heavy atom. The van der Waals surface area contributed by atoms with E-state index in [4.69, 9.17) is 4.74 Å². The predicted octanol–water partition coefficient (Wildman–Crippen LogP) is 1.55. The lowest BCUT2D eigenvalue weighted by atomic mass is 10.1. The summed E-state index contributed by atoms with van der Waals surface area (Å²) >= 11 is 0. The lowest BCUT2D eigenvalue weighted by Gasteiger charge is -2.09. The van der Waals surface area contributed by atoms with Crippen LogP contribution in [0.5, 0.6) is 5.75 Å². The molecule has 7 nitrogen and oxygen atoms in total. The molecule has 0 spiro atoms. The lowest BCUT2D eigenvalue weighted by molar-refractivity contribution is -0.385. The van der Waals surface area contributed by atoms with E-state index in [0.717, 1.165) is 12.1 Å². The van der Waals surface area contributed by atoms with Gasteiger partial charge >= 0.3 is 17.6 Å². The van der Waals surface area contributed by atoms with Gasteiger partial charge in [0.05, 0.1) is 10.5 Å². The van der Waals surface area contributed by atoms with E-state index < -0.39 is 28.4 Å². The number of nitro groups is 1. The molecule has 2 rings (SSSR count). The molecule has 0 atom stereocenters. The molecule has 128 valence electrons. The van der Waals surface area contributed by atoms with Crippen LogP contribution in [-0.4, -0.2) is 27.3 Å². The number of para-hydroxylation sites is 2. The average Bonchev–Trinajstić information content (AvgIpc) is 2.59. The van der Waals surface area contributed by atoms with Gasteiger partial charge in [-0.3, -0.25) is 10.1 Å². The summed E-state index contributed by atoms with van der Waals surface area (Å²) in [7, 11) is 0.0986. The largest absolute Gasteiger partial charge is 0.526 e. The summed E-state index contributed by atoms with van der Waals surface area (Å²) in [4.78, 5) is 34.2. The van der Waals surface area contributed by atoms with Crippen molar-refractivity contribution in [2.75, 3.05) is 0 Å². The maximum atomic E-state index is 13.4. The van der Waals surface area contributed by atoms with E-state index >= 15 is 0 Å². The van der Waals surface area contributed by atoms with Crippen LogP contribution in [0.15, 0.2) is 54.6 Å². The fourth-order valence-corrected chi connectivity index (χ4v) is 2.06. The van der Waals surface area contributed by atoms with Crippen LogP contribution in [0.1, 0.15) is 5.56 Å². The monoisotopic (exact) mass is 361 g/mol. The number of halogens is 1. The van der Waals surface area contributed by atoms with Gasteiger partial charge < -0.3 is 9.16 Å². The third kappa shape index (κ3) is 4.58. The van der Waals surface area contributed by atoms with Crippen molar-refractivity contribution in [1.29, 1.82) is 0 Å². The fourth-order valence-electron chi connectivity index (χ4n) is 1.94. The number of carbonyl (C=O) groups is 2. The van der Waals surface area contributed by atoms with Gasteiger partial charge in [0.25, 0.3) is 0 Å². The number of nitrogens with zero attached hydrogens (tertiary/aromatic N) is 1. The number of rotatable bonds is 5. The minimum absolute atomic E-state index is 0.0793. The van der Waals surface area contributed by atoms with Crippen LogP contribution >= 0.6 is 0 Å². The number of carbonyl (C=O) groups excluding carboxylic acids is 2. The molecule has 25 heavy (non-hydrogen) atoms. The van der Waals surface area contributed by atoms with Crippen LogP contribution in [0.2, 0.25) is 0 Å². The molecule has 0 unspecified atom stereocenters. The molecule has 0 aliphatic carbocycles. The summed E-state index contributed by atoms with van der Waals surface area (Å²) in [5.41, 5.74) is -0.617. The second-order valence-electron chi connectivity index (χ2n) is 4.71. The van der Waals surface area contributed by atoms with E-state index in [0.29, 0.717) is 0 Å². The Labute approximate surface area is 144 Å². The molecular weight excluding hydrogens is 349 g/mol. The minimum atomic E-state index is -1.05. The highest BCUT2D eigenvalue weighted by molar-refractivity contribution is 6.22. The number of hydrogen-bond acceptors (Lipinski definition) is 6. The molecule has 0 heterocycles. The third-order valence-electron chi connectivity index (χ3n) is 3.08. The van der Waals surface area contributed by atoms with Crippen molar-refractivity contribution in [2.45, 2.75) is 0 Å². The summed E-state index contributed by atoms with van der Waals surface area (Å²) < 4.78 is 23.1. The summed E-state index contributed by atoms with van der Waals surface area (Å²) in [5, 5.41) is 11.0. The van der Waals surface area contributed by atoms with E-state index in [9.17, 15) is 24.1 Å². The molecule has 0 fully saturated rings. The highest BCUT2D eigenvalue weighted by Gasteiger charge is 2.22. The zero-order valence-electron chi connectivity index (χ0n) is 13.0. The smallest absolute Gasteiger partial charge is 0.344 e. The Morgan fingerprint density at radius 1 is 1.16 bits per heavy atom. The topological polar surface area (TPSA) is 95.7 Å². The molecule has 2 aromatic rings. The number of esters is 1. The first kappa shape index (κ1) is 18.0. The van der Waals surface area contributed by atoms with Crippen molar-refractivity contribution in [3.8, 4) is 5.75 Å². The number of benzene rings is 2. The quantitative estimate of drug-likeness (QED) is 0.200. The van der Waals surface area contributed by atoms with Crippen molar-refractivity contribution in [1.82, 2.24) is 0 Å². The van der Waals surface area contributed by atoms with Gasteiger partial charge in [-0.05, 0) is 23.8 Å². The van der Waals surface area contributed by atoms with Gasteiger partial charge in [-0.15, -0.1) is 0 Å². The molecule has 0 saturated heterocycles. The maximum absolute atomic E-state index is 13.4. The summed E-state index contributed by atoms with van der Waals surface area (Å²) in [5.74, 6) is -2.77. The SMILES string of the molecule is O=C(/C=C(/C(=O)Oc1ccccc1[N+](=O)[O-])c1cccc(F)c1)O[SiH3]. The predicted molar refractivity (Wildman–Crippen MR) is 89.1 cm³/mol. The third-order valence-corrected chi connectivity index (χ3v) is 3.49. The van der Waals surface area contributed by atoms with Gasteiger partial charge in [0.15, 0.2) is 0 Å². The highest BCUT2D eigenvalue weighted by Crippen LogP contribution is 2.28. The number of nitro benzene ring substituents is 1. The van der Waals surface area contributed by atoms with E-state index in [-0.39, 0.29) is 27.4 Å². The Balaban J connectivity index is 2.42. The van der Waals surface area contributed by atoms with Gasteiger partial charge in [0.2, 0.25) is 16.2 Å². The molecule has 0 amide bonds. The van der Waals surface area contributed by atoms with Crippen LogP contribution in [0.25, 0.3) is 5.57 Å². The summed E-state index contributed by atoms with van der Waals surface area (Å²) in [6.07, 6.45) is 0.860. The summed E-state index contributed by atoms with van der Waals surface area (Å²) in [6, 6.07) is 10.2. The van der Waals surface area contributed by atoms with E-state index in [1.165, 1.54) is 42.5 Å². The maximum Gasteiger partial charge on any atom is 0.344 e. The van der Waals surface area contributed by atoms with Gasteiger partial charge in [0.1, 0.15) is 5.82 Å². The first-order valence-electron chi connectivity index (χ1n) is 6.93.